The molecule has 0 saturated carbocycles. The van der Waals surface area contributed by atoms with E-state index in [1.165, 1.54) is 24.3 Å². The number of para-hydroxylation sites is 2. The molecule has 0 saturated heterocycles. The van der Waals surface area contributed by atoms with Crippen molar-refractivity contribution in [1.82, 2.24) is 10.2 Å². The standard InChI is InChI=1S/C19H15FN2O5/c1-11(17-21-22-18(27-17)12-6-8-13(20)9-7-12)25-19(23)16-10-24-14-4-2-3-5-15(14)26-16/h2-9,11,16H,10H2,1H3/t11-,16-/m0/s1. The Kier molecular flexibility index (Phi) is 4.45. The van der Waals surface area contributed by atoms with Crippen LogP contribution in [0.4, 0.5) is 4.39 Å². The highest BCUT2D eigenvalue weighted by molar-refractivity contribution is 5.76. The summed E-state index contributed by atoms with van der Waals surface area (Å²) in [6.45, 7) is 1.66. The first-order chi connectivity index (χ1) is 13.1. The smallest absolute Gasteiger partial charge is 0.351 e. The maximum absolute atomic E-state index is 13.0. The second-order valence-corrected chi connectivity index (χ2v) is 5.90. The summed E-state index contributed by atoms with van der Waals surface area (Å²) in [4.78, 5) is 12.3. The van der Waals surface area contributed by atoms with Crippen molar-refractivity contribution in [2.24, 2.45) is 0 Å². The van der Waals surface area contributed by atoms with Gasteiger partial charge in [0.15, 0.2) is 17.6 Å². The first kappa shape index (κ1) is 17.0. The fourth-order valence-electron chi connectivity index (χ4n) is 2.54. The van der Waals surface area contributed by atoms with Gasteiger partial charge in [-0.25, -0.2) is 9.18 Å². The molecule has 138 valence electrons. The Bertz CT molecular complexity index is 957. The maximum atomic E-state index is 13.0. The zero-order chi connectivity index (χ0) is 18.8. The zero-order valence-electron chi connectivity index (χ0n) is 14.3. The van der Waals surface area contributed by atoms with E-state index in [9.17, 15) is 9.18 Å². The maximum Gasteiger partial charge on any atom is 0.351 e. The third kappa shape index (κ3) is 3.59. The van der Waals surface area contributed by atoms with Crippen LogP contribution in [0.15, 0.2) is 52.9 Å². The third-order valence-electron chi connectivity index (χ3n) is 3.94. The van der Waals surface area contributed by atoms with Crippen molar-refractivity contribution >= 4 is 5.97 Å². The molecule has 1 aliphatic heterocycles. The number of ether oxygens (including phenoxy) is 3. The van der Waals surface area contributed by atoms with Crippen LogP contribution in [0.5, 0.6) is 11.5 Å². The average Bonchev–Trinajstić information content (AvgIpc) is 3.18. The van der Waals surface area contributed by atoms with Crippen LogP contribution in [0.25, 0.3) is 11.5 Å². The van der Waals surface area contributed by atoms with E-state index in [1.54, 1.807) is 25.1 Å². The number of carbonyl (C=O) groups is 1. The van der Waals surface area contributed by atoms with Gasteiger partial charge in [-0.15, -0.1) is 10.2 Å². The fourth-order valence-corrected chi connectivity index (χ4v) is 2.54. The van der Waals surface area contributed by atoms with Crippen molar-refractivity contribution in [3.63, 3.8) is 0 Å². The summed E-state index contributed by atoms with van der Waals surface area (Å²) in [6, 6.07) is 12.7. The first-order valence-corrected chi connectivity index (χ1v) is 8.28. The molecule has 2 aromatic carbocycles. The van der Waals surface area contributed by atoms with Gasteiger partial charge in [0.25, 0.3) is 5.89 Å². The molecule has 3 aromatic rings. The summed E-state index contributed by atoms with van der Waals surface area (Å²) in [6.07, 6.45) is -1.66. The summed E-state index contributed by atoms with van der Waals surface area (Å²) in [5.41, 5.74) is 0.564. The fraction of sp³-hybridized carbons (Fsp3) is 0.211. The lowest BCUT2D eigenvalue weighted by atomic mass is 10.2. The van der Waals surface area contributed by atoms with E-state index in [2.05, 4.69) is 10.2 Å². The Morgan fingerprint density at radius 3 is 2.67 bits per heavy atom. The zero-order valence-corrected chi connectivity index (χ0v) is 14.3. The van der Waals surface area contributed by atoms with Crippen LogP contribution in [-0.2, 0) is 9.53 Å². The summed E-state index contributed by atoms with van der Waals surface area (Å²) in [7, 11) is 0. The minimum Gasteiger partial charge on any atom is -0.485 e. The highest BCUT2D eigenvalue weighted by atomic mass is 19.1. The van der Waals surface area contributed by atoms with Crippen LogP contribution in [0.2, 0.25) is 0 Å². The van der Waals surface area contributed by atoms with Crippen molar-refractivity contribution in [2.75, 3.05) is 6.61 Å². The molecule has 1 aliphatic rings. The Morgan fingerprint density at radius 2 is 1.89 bits per heavy atom. The second kappa shape index (κ2) is 7.06. The molecular weight excluding hydrogens is 355 g/mol. The molecule has 0 bridgehead atoms. The van der Waals surface area contributed by atoms with Gasteiger partial charge in [-0.05, 0) is 43.3 Å². The number of fused-ring (bicyclic) bond motifs is 1. The highest BCUT2D eigenvalue weighted by Gasteiger charge is 2.31. The second-order valence-electron chi connectivity index (χ2n) is 5.90. The summed E-state index contributed by atoms with van der Waals surface area (Å²) >= 11 is 0. The van der Waals surface area contributed by atoms with E-state index < -0.39 is 18.2 Å². The highest BCUT2D eigenvalue weighted by Crippen LogP contribution is 2.31. The van der Waals surface area contributed by atoms with Crippen molar-refractivity contribution < 1.29 is 27.8 Å². The first-order valence-electron chi connectivity index (χ1n) is 8.28. The van der Waals surface area contributed by atoms with Gasteiger partial charge in [-0.3, -0.25) is 0 Å². The molecule has 0 radical (unpaired) electrons. The van der Waals surface area contributed by atoms with Gasteiger partial charge < -0.3 is 18.6 Å². The van der Waals surface area contributed by atoms with Gasteiger partial charge in [0.05, 0.1) is 0 Å². The number of carbonyl (C=O) groups excluding carboxylic acids is 1. The Labute approximate surface area is 153 Å². The molecule has 1 aromatic heterocycles. The molecule has 0 aliphatic carbocycles. The molecule has 2 heterocycles. The largest absolute Gasteiger partial charge is 0.485 e. The lowest BCUT2D eigenvalue weighted by Crippen LogP contribution is -2.38. The van der Waals surface area contributed by atoms with Crippen molar-refractivity contribution in [1.29, 1.82) is 0 Å². The van der Waals surface area contributed by atoms with Crippen LogP contribution in [0.1, 0.15) is 18.9 Å². The third-order valence-corrected chi connectivity index (χ3v) is 3.94. The minimum absolute atomic E-state index is 0.0488. The number of hydrogen-bond donors (Lipinski definition) is 0. The van der Waals surface area contributed by atoms with Gasteiger partial charge in [0, 0.05) is 5.56 Å². The SMILES string of the molecule is C[C@H](OC(=O)[C@@H]1COc2ccccc2O1)c1nnc(-c2ccc(F)cc2)o1. The number of benzene rings is 2. The van der Waals surface area contributed by atoms with Gasteiger partial charge in [-0.1, -0.05) is 12.1 Å². The molecule has 0 amide bonds. The molecule has 0 N–H and O–H groups in total. The van der Waals surface area contributed by atoms with Crippen molar-refractivity contribution in [3.8, 4) is 23.0 Å². The number of hydrogen-bond acceptors (Lipinski definition) is 7. The molecule has 4 rings (SSSR count). The van der Waals surface area contributed by atoms with E-state index in [1.807, 2.05) is 6.07 Å². The number of nitrogens with zero attached hydrogens (tertiary/aromatic N) is 2. The van der Waals surface area contributed by atoms with Crippen LogP contribution in [0, 0.1) is 5.82 Å². The van der Waals surface area contributed by atoms with Gasteiger partial charge in [0.1, 0.15) is 12.4 Å². The van der Waals surface area contributed by atoms with E-state index in [-0.39, 0.29) is 24.2 Å². The predicted octanol–water partition coefficient (Wildman–Crippen LogP) is 3.32. The lowest BCUT2D eigenvalue weighted by Gasteiger charge is -2.25. The molecule has 0 spiro atoms. The molecule has 2 atom stereocenters. The van der Waals surface area contributed by atoms with E-state index >= 15 is 0 Å². The molecule has 7 nitrogen and oxygen atoms in total. The van der Waals surface area contributed by atoms with Crippen molar-refractivity contribution in [2.45, 2.75) is 19.1 Å². The normalized spacial score (nSPS) is 16.6. The Hall–Kier alpha value is -3.42. The molecule has 8 heteroatoms. The molecule has 27 heavy (non-hydrogen) atoms. The summed E-state index contributed by atoms with van der Waals surface area (Å²) in [5.74, 6) is 0.430. The van der Waals surface area contributed by atoms with E-state index in [4.69, 9.17) is 18.6 Å². The van der Waals surface area contributed by atoms with Gasteiger partial charge in [0.2, 0.25) is 12.0 Å². The average molecular weight is 370 g/mol. The van der Waals surface area contributed by atoms with Gasteiger partial charge >= 0.3 is 5.97 Å². The number of esters is 1. The van der Waals surface area contributed by atoms with E-state index in [0.29, 0.717) is 17.1 Å². The number of halogens is 1. The predicted molar refractivity (Wildman–Crippen MR) is 90.6 cm³/mol. The van der Waals surface area contributed by atoms with Crippen LogP contribution >= 0.6 is 0 Å². The minimum atomic E-state index is -0.887. The van der Waals surface area contributed by atoms with E-state index in [0.717, 1.165) is 0 Å². The Balaban J connectivity index is 1.41. The molecule has 0 unspecified atom stereocenters. The van der Waals surface area contributed by atoms with Crippen LogP contribution in [0.3, 0.4) is 0 Å². The van der Waals surface area contributed by atoms with Crippen LogP contribution < -0.4 is 9.47 Å². The lowest BCUT2D eigenvalue weighted by molar-refractivity contribution is -0.160. The van der Waals surface area contributed by atoms with Crippen molar-refractivity contribution in [3.05, 3.63) is 60.2 Å². The molecular formula is C19H15FN2O5. The topological polar surface area (TPSA) is 83.7 Å². The summed E-state index contributed by atoms with van der Waals surface area (Å²) < 4.78 is 35.0. The van der Waals surface area contributed by atoms with Crippen LogP contribution in [-0.4, -0.2) is 28.9 Å². The van der Waals surface area contributed by atoms with Gasteiger partial charge in [-0.2, -0.15) is 0 Å². The summed E-state index contributed by atoms with van der Waals surface area (Å²) in [5, 5.41) is 7.79. The number of rotatable bonds is 4. The molecule has 0 fully saturated rings. The quantitative estimate of drug-likeness (QED) is 0.652. The Morgan fingerprint density at radius 1 is 1.15 bits per heavy atom. The monoisotopic (exact) mass is 370 g/mol. The number of aromatic nitrogens is 2.